The molecule has 2 amide bonds. The second-order valence-corrected chi connectivity index (χ2v) is 5.84. The first kappa shape index (κ1) is 15.5. The average molecular weight is 270 g/mol. The minimum absolute atomic E-state index is 0.0313. The van der Waals surface area contributed by atoms with E-state index in [1.165, 1.54) is 0 Å². The van der Waals surface area contributed by atoms with E-state index in [0.29, 0.717) is 0 Å². The summed E-state index contributed by atoms with van der Waals surface area (Å²) in [4.78, 5) is 33.9. The number of amides is 2. The average Bonchev–Trinajstić information content (AvgIpc) is 2.63. The van der Waals surface area contributed by atoms with Gasteiger partial charge in [0.15, 0.2) is 0 Å². The van der Waals surface area contributed by atoms with E-state index >= 15 is 0 Å². The Balaban J connectivity index is 2.61. The summed E-state index contributed by atoms with van der Waals surface area (Å²) >= 11 is 0. The Labute approximate surface area is 112 Å². The highest BCUT2D eigenvalue weighted by molar-refractivity contribution is 5.86. The fourth-order valence-electron chi connectivity index (χ4n) is 2.63. The summed E-state index contributed by atoms with van der Waals surface area (Å²) in [5.41, 5.74) is 4.89. The van der Waals surface area contributed by atoms with Gasteiger partial charge >= 0.3 is 5.97 Å². The molecule has 19 heavy (non-hydrogen) atoms. The van der Waals surface area contributed by atoms with Crippen LogP contribution in [0.15, 0.2) is 0 Å². The fraction of sp³-hybridized carbons (Fsp3) is 0.769. The molecule has 2 atom stereocenters. The van der Waals surface area contributed by atoms with E-state index in [2.05, 4.69) is 5.32 Å². The van der Waals surface area contributed by atoms with Crippen LogP contribution in [-0.4, -0.2) is 28.9 Å². The number of carboxylic acids is 1. The number of nitrogens with one attached hydrogen (secondary N) is 1. The Kier molecular flexibility index (Phi) is 4.91. The second-order valence-electron chi connectivity index (χ2n) is 5.84. The Morgan fingerprint density at radius 3 is 2.47 bits per heavy atom. The summed E-state index contributed by atoms with van der Waals surface area (Å²) in [6, 6.07) is -1.05. The molecule has 1 aliphatic rings. The first-order valence-electron chi connectivity index (χ1n) is 6.55. The first-order valence-corrected chi connectivity index (χ1v) is 6.55. The van der Waals surface area contributed by atoms with Gasteiger partial charge < -0.3 is 16.2 Å². The fourth-order valence-corrected chi connectivity index (χ4v) is 2.63. The minimum atomic E-state index is -1.13. The zero-order valence-corrected chi connectivity index (χ0v) is 11.4. The Bertz CT molecular complexity index is 379. The summed E-state index contributed by atoms with van der Waals surface area (Å²) in [5, 5.41) is 11.6. The van der Waals surface area contributed by atoms with Crippen molar-refractivity contribution in [2.24, 2.45) is 17.1 Å². The Morgan fingerprint density at radius 1 is 1.42 bits per heavy atom. The molecule has 1 aliphatic carbocycles. The number of rotatable bonds is 6. The highest BCUT2D eigenvalue weighted by atomic mass is 16.4. The molecule has 1 rings (SSSR count). The standard InChI is InChI=1S/C13H22N2O4/c1-13(2)7-3-4-8(13)11(17)15-9(12(18)19)5-6-10(14)16/h8-9H,3-7H2,1-2H3,(H2,14,16)(H,15,17)(H,18,19)/t8?,9-/m1/s1. The van der Waals surface area contributed by atoms with Crippen molar-refractivity contribution in [3.63, 3.8) is 0 Å². The highest BCUT2D eigenvalue weighted by Gasteiger charge is 2.40. The summed E-state index contributed by atoms with van der Waals surface area (Å²) in [5.74, 6) is -2.10. The van der Waals surface area contributed by atoms with E-state index in [1.807, 2.05) is 13.8 Å². The van der Waals surface area contributed by atoms with E-state index < -0.39 is 17.9 Å². The molecule has 0 aromatic heterocycles. The van der Waals surface area contributed by atoms with Gasteiger partial charge in [0.25, 0.3) is 0 Å². The molecular formula is C13H22N2O4. The van der Waals surface area contributed by atoms with Gasteiger partial charge in [-0.1, -0.05) is 20.3 Å². The van der Waals surface area contributed by atoms with Crippen LogP contribution >= 0.6 is 0 Å². The van der Waals surface area contributed by atoms with Gasteiger partial charge in [-0.15, -0.1) is 0 Å². The van der Waals surface area contributed by atoms with Crippen molar-refractivity contribution in [2.75, 3.05) is 0 Å². The second kappa shape index (κ2) is 6.04. The highest BCUT2D eigenvalue weighted by Crippen LogP contribution is 2.42. The third-order valence-corrected chi connectivity index (χ3v) is 3.87. The van der Waals surface area contributed by atoms with Crippen LogP contribution in [0, 0.1) is 11.3 Å². The maximum atomic E-state index is 12.1. The lowest BCUT2D eigenvalue weighted by atomic mass is 9.81. The number of carbonyl (C=O) groups excluding carboxylic acids is 2. The zero-order valence-electron chi connectivity index (χ0n) is 11.4. The Hall–Kier alpha value is -1.59. The summed E-state index contributed by atoms with van der Waals surface area (Å²) in [6.45, 7) is 4.03. The largest absolute Gasteiger partial charge is 0.480 e. The number of hydrogen-bond donors (Lipinski definition) is 3. The number of nitrogens with two attached hydrogens (primary N) is 1. The van der Waals surface area contributed by atoms with Crippen LogP contribution in [0.4, 0.5) is 0 Å². The van der Waals surface area contributed by atoms with Gasteiger partial charge in [0.05, 0.1) is 0 Å². The number of hydrogen-bond acceptors (Lipinski definition) is 3. The number of carbonyl (C=O) groups is 3. The monoisotopic (exact) mass is 270 g/mol. The van der Waals surface area contributed by atoms with E-state index in [-0.39, 0.29) is 30.1 Å². The van der Waals surface area contributed by atoms with Crippen LogP contribution in [0.2, 0.25) is 0 Å². The lowest BCUT2D eigenvalue weighted by molar-refractivity contribution is -0.143. The van der Waals surface area contributed by atoms with Gasteiger partial charge in [-0.2, -0.15) is 0 Å². The van der Waals surface area contributed by atoms with Crippen LogP contribution in [0.5, 0.6) is 0 Å². The van der Waals surface area contributed by atoms with Crippen LogP contribution in [0.25, 0.3) is 0 Å². The summed E-state index contributed by atoms with van der Waals surface area (Å²) in [6.07, 6.45) is 2.70. The molecule has 0 aromatic carbocycles. The molecule has 0 radical (unpaired) electrons. The van der Waals surface area contributed by atoms with Gasteiger partial charge in [0, 0.05) is 12.3 Å². The first-order chi connectivity index (χ1) is 8.74. The van der Waals surface area contributed by atoms with E-state index in [1.54, 1.807) is 0 Å². The van der Waals surface area contributed by atoms with Crippen molar-refractivity contribution >= 4 is 17.8 Å². The van der Waals surface area contributed by atoms with Crippen molar-refractivity contribution < 1.29 is 19.5 Å². The smallest absolute Gasteiger partial charge is 0.326 e. The number of primary amides is 1. The van der Waals surface area contributed by atoms with Crippen molar-refractivity contribution in [3.8, 4) is 0 Å². The molecule has 6 heteroatoms. The van der Waals surface area contributed by atoms with Gasteiger partial charge in [-0.3, -0.25) is 9.59 Å². The molecule has 4 N–H and O–H groups in total. The molecular weight excluding hydrogens is 248 g/mol. The maximum Gasteiger partial charge on any atom is 0.326 e. The summed E-state index contributed by atoms with van der Waals surface area (Å²) in [7, 11) is 0. The molecule has 108 valence electrons. The molecule has 1 fully saturated rings. The van der Waals surface area contributed by atoms with E-state index in [9.17, 15) is 14.4 Å². The third-order valence-electron chi connectivity index (χ3n) is 3.87. The molecule has 0 saturated heterocycles. The Morgan fingerprint density at radius 2 is 2.05 bits per heavy atom. The predicted octanol–water partition coefficient (Wildman–Crippen LogP) is 0.648. The molecule has 1 saturated carbocycles. The molecule has 0 aromatic rings. The lowest BCUT2D eigenvalue weighted by Crippen LogP contribution is -2.46. The van der Waals surface area contributed by atoms with Crippen molar-refractivity contribution in [3.05, 3.63) is 0 Å². The quantitative estimate of drug-likeness (QED) is 0.658. The maximum absolute atomic E-state index is 12.1. The van der Waals surface area contributed by atoms with Crippen LogP contribution < -0.4 is 11.1 Å². The van der Waals surface area contributed by atoms with Crippen molar-refractivity contribution in [1.82, 2.24) is 5.32 Å². The normalized spacial score (nSPS) is 22.7. The molecule has 1 unspecified atom stereocenters. The topological polar surface area (TPSA) is 109 Å². The van der Waals surface area contributed by atoms with Gasteiger partial charge in [0.1, 0.15) is 6.04 Å². The van der Waals surface area contributed by atoms with Crippen LogP contribution in [0.3, 0.4) is 0 Å². The molecule has 6 nitrogen and oxygen atoms in total. The van der Waals surface area contributed by atoms with Gasteiger partial charge in [-0.25, -0.2) is 4.79 Å². The van der Waals surface area contributed by atoms with Crippen molar-refractivity contribution in [1.29, 1.82) is 0 Å². The third kappa shape index (κ3) is 4.22. The zero-order chi connectivity index (χ0) is 14.6. The van der Waals surface area contributed by atoms with Crippen LogP contribution in [-0.2, 0) is 14.4 Å². The predicted molar refractivity (Wildman–Crippen MR) is 69.1 cm³/mol. The number of aliphatic carboxylic acids is 1. The minimum Gasteiger partial charge on any atom is -0.480 e. The van der Waals surface area contributed by atoms with Crippen molar-refractivity contribution in [2.45, 2.75) is 52.0 Å². The molecule has 0 heterocycles. The molecule has 0 bridgehead atoms. The van der Waals surface area contributed by atoms with Gasteiger partial charge in [-0.05, 0) is 24.7 Å². The molecule has 0 aliphatic heterocycles. The molecule has 0 spiro atoms. The van der Waals surface area contributed by atoms with E-state index in [4.69, 9.17) is 10.8 Å². The summed E-state index contributed by atoms with van der Waals surface area (Å²) < 4.78 is 0. The lowest BCUT2D eigenvalue weighted by Gasteiger charge is -2.27. The van der Waals surface area contributed by atoms with E-state index in [0.717, 1.165) is 19.3 Å². The van der Waals surface area contributed by atoms with Crippen LogP contribution in [0.1, 0.15) is 46.0 Å². The number of carboxylic acid groups (broad SMARTS) is 1. The van der Waals surface area contributed by atoms with Gasteiger partial charge in [0.2, 0.25) is 11.8 Å². The SMILES string of the molecule is CC1(C)CCCC1C(=O)N[C@H](CCC(N)=O)C(=O)O.